The Morgan fingerprint density at radius 2 is 2.04 bits per heavy atom. The summed E-state index contributed by atoms with van der Waals surface area (Å²) >= 11 is 0. The number of hydrazone groups is 1. The summed E-state index contributed by atoms with van der Waals surface area (Å²) in [5.74, 6) is 1.06. The topological polar surface area (TPSA) is 63.6 Å². The number of ether oxygens (including phenoxy) is 3. The van der Waals surface area contributed by atoms with Gasteiger partial charge in [-0.3, -0.25) is 9.80 Å². The number of rotatable bonds is 7. The van der Waals surface area contributed by atoms with E-state index >= 15 is 0 Å². The van der Waals surface area contributed by atoms with Crippen molar-refractivity contribution in [2.45, 2.75) is 6.92 Å². The van der Waals surface area contributed by atoms with E-state index < -0.39 is 0 Å². The molecule has 1 aliphatic heterocycles. The Bertz CT molecular complexity index is 569. The maximum atomic E-state index is 11.7. The van der Waals surface area contributed by atoms with Crippen LogP contribution in [-0.2, 0) is 9.53 Å². The lowest BCUT2D eigenvalue weighted by Gasteiger charge is -2.23. The maximum absolute atomic E-state index is 11.7. The number of morpholine rings is 1. The lowest BCUT2D eigenvalue weighted by atomic mass is 10.2. The van der Waals surface area contributed by atoms with Crippen molar-refractivity contribution in [3.05, 3.63) is 23.8 Å². The van der Waals surface area contributed by atoms with Gasteiger partial charge < -0.3 is 19.1 Å². The zero-order chi connectivity index (χ0) is 17.4. The molecule has 1 fully saturated rings. The predicted octanol–water partition coefficient (Wildman–Crippen LogP) is 1.22. The van der Waals surface area contributed by atoms with Crippen molar-refractivity contribution in [2.24, 2.45) is 5.10 Å². The van der Waals surface area contributed by atoms with Gasteiger partial charge in [0.2, 0.25) is 0 Å². The Balaban J connectivity index is 2.04. The average molecular weight is 335 g/mol. The molecule has 1 aliphatic rings. The third-order valence-corrected chi connectivity index (χ3v) is 3.48. The molecule has 24 heavy (non-hydrogen) atoms. The van der Waals surface area contributed by atoms with Crippen LogP contribution in [0, 0.1) is 0 Å². The van der Waals surface area contributed by atoms with Crippen LogP contribution in [0.1, 0.15) is 12.5 Å². The summed E-state index contributed by atoms with van der Waals surface area (Å²) in [6.45, 7) is 5.40. The SMILES string of the molecule is CCOc1cc(/C=N/N2CCOCC2)ccc1OCC(=O)N(C)C. The van der Waals surface area contributed by atoms with Crippen LogP contribution in [0.2, 0.25) is 0 Å². The summed E-state index contributed by atoms with van der Waals surface area (Å²) in [4.78, 5) is 13.1. The largest absolute Gasteiger partial charge is 0.490 e. The first-order valence-corrected chi connectivity index (χ1v) is 8.06. The molecule has 0 aromatic heterocycles. The van der Waals surface area contributed by atoms with Gasteiger partial charge in [0.15, 0.2) is 18.1 Å². The van der Waals surface area contributed by atoms with Crippen molar-refractivity contribution in [2.75, 3.05) is 53.6 Å². The molecule has 7 nitrogen and oxygen atoms in total. The molecule has 1 heterocycles. The summed E-state index contributed by atoms with van der Waals surface area (Å²) in [6.07, 6.45) is 1.79. The molecule has 1 aromatic rings. The molecule has 0 N–H and O–H groups in total. The number of hydrogen-bond donors (Lipinski definition) is 0. The van der Waals surface area contributed by atoms with Crippen LogP contribution in [0.5, 0.6) is 11.5 Å². The van der Waals surface area contributed by atoms with E-state index in [-0.39, 0.29) is 12.5 Å². The van der Waals surface area contributed by atoms with Crippen LogP contribution in [0.3, 0.4) is 0 Å². The molecule has 0 aliphatic carbocycles. The smallest absolute Gasteiger partial charge is 0.259 e. The molecule has 1 aromatic carbocycles. The van der Waals surface area contributed by atoms with Gasteiger partial charge in [-0.2, -0.15) is 5.10 Å². The van der Waals surface area contributed by atoms with Gasteiger partial charge in [-0.15, -0.1) is 0 Å². The summed E-state index contributed by atoms with van der Waals surface area (Å²) in [5, 5.41) is 6.43. The number of carbonyl (C=O) groups is 1. The van der Waals surface area contributed by atoms with Gasteiger partial charge >= 0.3 is 0 Å². The fraction of sp³-hybridized carbons (Fsp3) is 0.529. The van der Waals surface area contributed by atoms with Gasteiger partial charge in [-0.05, 0) is 30.7 Å². The Labute approximate surface area is 142 Å². The second-order valence-corrected chi connectivity index (χ2v) is 5.53. The Hall–Kier alpha value is -2.28. The monoisotopic (exact) mass is 335 g/mol. The highest BCUT2D eigenvalue weighted by Gasteiger charge is 2.11. The predicted molar refractivity (Wildman–Crippen MR) is 91.8 cm³/mol. The van der Waals surface area contributed by atoms with Crippen LogP contribution >= 0.6 is 0 Å². The van der Waals surface area contributed by atoms with Crippen molar-refractivity contribution in [1.29, 1.82) is 0 Å². The highest BCUT2D eigenvalue weighted by Crippen LogP contribution is 2.28. The Morgan fingerprint density at radius 1 is 1.29 bits per heavy atom. The van der Waals surface area contributed by atoms with Crippen LogP contribution in [0.4, 0.5) is 0 Å². The normalized spacial score (nSPS) is 14.7. The van der Waals surface area contributed by atoms with E-state index in [0.717, 1.165) is 18.7 Å². The fourth-order valence-electron chi connectivity index (χ4n) is 2.08. The molecule has 0 spiro atoms. The average Bonchev–Trinajstić information content (AvgIpc) is 2.60. The number of nitrogens with zero attached hydrogens (tertiary/aromatic N) is 3. The van der Waals surface area contributed by atoms with Crippen molar-refractivity contribution in [3.63, 3.8) is 0 Å². The third kappa shape index (κ3) is 5.42. The van der Waals surface area contributed by atoms with E-state index in [0.29, 0.717) is 31.3 Å². The summed E-state index contributed by atoms with van der Waals surface area (Å²) < 4.78 is 16.5. The first-order valence-electron chi connectivity index (χ1n) is 8.06. The van der Waals surface area contributed by atoms with Crippen LogP contribution < -0.4 is 9.47 Å². The van der Waals surface area contributed by atoms with E-state index in [4.69, 9.17) is 14.2 Å². The second-order valence-electron chi connectivity index (χ2n) is 5.53. The molecule has 1 amide bonds. The summed E-state index contributed by atoms with van der Waals surface area (Å²) in [7, 11) is 3.39. The van der Waals surface area contributed by atoms with Crippen molar-refractivity contribution in [3.8, 4) is 11.5 Å². The highest BCUT2D eigenvalue weighted by atomic mass is 16.5. The van der Waals surface area contributed by atoms with E-state index in [1.807, 2.05) is 24.1 Å². The quantitative estimate of drug-likeness (QED) is 0.701. The summed E-state index contributed by atoms with van der Waals surface area (Å²) in [5.41, 5.74) is 0.913. The maximum Gasteiger partial charge on any atom is 0.259 e. The first kappa shape index (κ1) is 18.1. The highest BCUT2D eigenvalue weighted by molar-refractivity contribution is 5.81. The van der Waals surface area contributed by atoms with Gasteiger partial charge in [0.25, 0.3) is 5.91 Å². The van der Waals surface area contributed by atoms with Crippen LogP contribution in [0.25, 0.3) is 0 Å². The van der Waals surface area contributed by atoms with Gasteiger partial charge in [0, 0.05) is 14.1 Å². The lowest BCUT2D eigenvalue weighted by molar-refractivity contribution is -0.130. The number of hydrogen-bond acceptors (Lipinski definition) is 6. The molecule has 0 saturated carbocycles. The second kappa shape index (κ2) is 9.12. The molecular weight excluding hydrogens is 310 g/mol. The Morgan fingerprint density at radius 3 is 2.71 bits per heavy atom. The zero-order valence-corrected chi connectivity index (χ0v) is 14.5. The molecule has 132 valence electrons. The van der Waals surface area contributed by atoms with Crippen LogP contribution in [-0.4, -0.2) is 75.6 Å². The minimum Gasteiger partial charge on any atom is -0.490 e. The van der Waals surface area contributed by atoms with Crippen molar-refractivity contribution in [1.82, 2.24) is 9.91 Å². The molecule has 0 bridgehead atoms. The molecule has 0 atom stereocenters. The lowest BCUT2D eigenvalue weighted by Crippen LogP contribution is -2.32. The number of amides is 1. The molecular formula is C17H25N3O4. The molecule has 7 heteroatoms. The van der Waals surface area contributed by atoms with Crippen LogP contribution in [0.15, 0.2) is 23.3 Å². The first-order chi connectivity index (χ1) is 11.6. The summed E-state index contributed by atoms with van der Waals surface area (Å²) in [6, 6.07) is 5.56. The Kier molecular flexibility index (Phi) is 6.87. The number of carbonyl (C=O) groups excluding carboxylic acids is 1. The standard InChI is InChI=1S/C17H25N3O4/c1-4-23-16-11-14(12-18-20-7-9-22-10-8-20)5-6-15(16)24-13-17(21)19(2)3/h5-6,11-12H,4,7-10,13H2,1-3H3/b18-12+. The van der Waals surface area contributed by atoms with E-state index in [2.05, 4.69) is 5.10 Å². The van der Waals surface area contributed by atoms with Crippen molar-refractivity contribution < 1.29 is 19.0 Å². The van der Waals surface area contributed by atoms with Gasteiger partial charge in [-0.25, -0.2) is 0 Å². The van der Waals surface area contributed by atoms with E-state index in [9.17, 15) is 4.79 Å². The minimum absolute atomic E-state index is 0.0196. The minimum atomic E-state index is -0.101. The third-order valence-electron chi connectivity index (χ3n) is 3.48. The van der Waals surface area contributed by atoms with Gasteiger partial charge in [0.1, 0.15) is 0 Å². The molecule has 0 unspecified atom stereocenters. The van der Waals surface area contributed by atoms with Gasteiger partial charge in [-0.1, -0.05) is 0 Å². The molecule has 2 rings (SSSR count). The fourth-order valence-corrected chi connectivity index (χ4v) is 2.08. The van der Waals surface area contributed by atoms with E-state index in [1.165, 1.54) is 4.90 Å². The number of benzene rings is 1. The number of likely N-dealkylation sites (N-methyl/N-ethyl adjacent to an activating group) is 1. The molecule has 0 radical (unpaired) electrons. The molecule has 1 saturated heterocycles. The van der Waals surface area contributed by atoms with Gasteiger partial charge in [0.05, 0.1) is 39.1 Å². The van der Waals surface area contributed by atoms with Crippen molar-refractivity contribution >= 4 is 12.1 Å². The van der Waals surface area contributed by atoms with E-state index in [1.54, 1.807) is 26.4 Å². The zero-order valence-electron chi connectivity index (χ0n) is 14.5.